The molecule has 0 unspecified atom stereocenters. The number of halogens is 1. The highest BCUT2D eigenvalue weighted by Crippen LogP contribution is 2.28. The molecule has 0 saturated heterocycles. The first-order valence-corrected chi connectivity index (χ1v) is 5.92. The Morgan fingerprint density at radius 2 is 1.83 bits per heavy atom. The number of carbonyl (C=O) groups is 1. The molecule has 0 bridgehead atoms. The number of amides is 1. The Morgan fingerprint density at radius 1 is 1.17 bits per heavy atom. The van der Waals surface area contributed by atoms with Crippen molar-refractivity contribution in [2.24, 2.45) is 5.73 Å². The first-order chi connectivity index (χ1) is 8.56. The van der Waals surface area contributed by atoms with Crippen LogP contribution in [0.1, 0.15) is 10.4 Å². The number of phenols is 1. The summed E-state index contributed by atoms with van der Waals surface area (Å²) in [5, 5.41) is 9.17. The first kappa shape index (κ1) is 12.4. The quantitative estimate of drug-likeness (QED) is 0.915. The Hall–Kier alpha value is -2.01. The van der Waals surface area contributed by atoms with Gasteiger partial charge < -0.3 is 15.6 Å². The van der Waals surface area contributed by atoms with Crippen molar-refractivity contribution in [3.05, 3.63) is 52.5 Å². The van der Waals surface area contributed by atoms with Gasteiger partial charge in [0.25, 0.3) is 5.91 Å². The third-order valence-electron chi connectivity index (χ3n) is 2.27. The van der Waals surface area contributed by atoms with E-state index in [9.17, 15) is 4.79 Å². The fourth-order valence-corrected chi connectivity index (χ4v) is 1.79. The largest absolute Gasteiger partial charge is 0.508 e. The minimum atomic E-state index is -0.565. The van der Waals surface area contributed by atoms with E-state index in [1.807, 2.05) is 0 Å². The molecule has 0 heterocycles. The summed E-state index contributed by atoms with van der Waals surface area (Å²) in [6.07, 6.45) is 0. The molecule has 2 aromatic carbocycles. The van der Waals surface area contributed by atoms with Crippen LogP contribution in [0.4, 0.5) is 0 Å². The van der Waals surface area contributed by atoms with Gasteiger partial charge in [0.15, 0.2) is 0 Å². The number of hydrogen-bond donors (Lipinski definition) is 2. The fraction of sp³-hybridized carbons (Fsp3) is 0. The molecule has 5 heteroatoms. The summed E-state index contributed by atoms with van der Waals surface area (Å²) in [6, 6.07) is 11.2. The van der Waals surface area contributed by atoms with E-state index in [-0.39, 0.29) is 11.3 Å². The first-order valence-electron chi connectivity index (χ1n) is 5.12. The molecule has 0 atom stereocenters. The third-order valence-corrected chi connectivity index (χ3v) is 2.76. The molecule has 3 N–H and O–H groups in total. The zero-order chi connectivity index (χ0) is 13.1. The second kappa shape index (κ2) is 5.10. The lowest BCUT2D eigenvalue weighted by Crippen LogP contribution is -2.12. The molecule has 0 aliphatic carbocycles. The minimum Gasteiger partial charge on any atom is -0.508 e. The van der Waals surface area contributed by atoms with Gasteiger partial charge in [0.1, 0.15) is 17.2 Å². The van der Waals surface area contributed by atoms with Crippen LogP contribution in [-0.2, 0) is 0 Å². The molecule has 0 aliphatic rings. The molecular weight excluding hydrogens is 298 g/mol. The number of aromatic hydroxyl groups is 1. The second-order valence-electron chi connectivity index (χ2n) is 3.60. The van der Waals surface area contributed by atoms with Gasteiger partial charge >= 0.3 is 0 Å². The molecule has 4 nitrogen and oxygen atoms in total. The van der Waals surface area contributed by atoms with Gasteiger partial charge in [-0.15, -0.1) is 0 Å². The van der Waals surface area contributed by atoms with Crippen molar-refractivity contribution < 1.29 is 14.6 Å². The van der Waals surface area contributed by atoms with Crippen molar-refractivity contribution in [1.82, 2.24) is 0 Å². The third kappa shape index (κ3) is 2.81. The number of primary amides is 1. The molecule has 0 aromatic heterocycles. The molecule has 1 amide bonds. The Morgan fingerprint density at radius 3 is 2.44 bits per heavy atom. The lowest BCUT2D eigenvalue weighted by atomic mass is 10.2. The molecular formula is C13H10BrNO3. The average Bonchev–Trinajstić information content (AvgIpc) is 2.34. The van der Waals surface area contributed by atoms with Crippen LogP contribution in [-0.4, -0.2) is 11.0 Å². The van der Waals surface area contributed by atoms with Crippen LogP contribution in [0.25, 0.3) is 0 Å². The summed E-state index contributed by atoms with van der Waals surface area (Å²) >= 11 is 3.26. The summed E-state index contributed by atoms with van der Waals surface area (Å²) in [6.45, 7) is 0. The van der Waals surface area contributed by atoms with Crippen molar-refractivity contribution >= 4 is 21.8 Å². The van der Waals surface area contributed by atoms with Crippen molar-refractivity contribution in [1.29, 1.82) is 0 Å². The number of benzene rings is 2. The van der Waals surface area contributed by atoms with Crippen LogP contribution in [0, 0.1) is 0 Å². The highest BCUT2D eigenvalue weighted by molar-refractivity contribution is 9.10. The maximum atomic E-state index is 11.3. The van der Waals surface area contributed by atoms with Gasteiger partial charge in [-0.2, -0.15) is 0 Å². The molecule has 0 aliphatic heterocycles. The van der Waals surface area contributed by atoms with Crippen molar-refractivity contribution in [3.63, 3.8) is 0 Å². The Bertz CT molecular complexity index is 581. The molecule has 18 heavy (non-hydrogen) atoms. The number of phenolic OH excluding ortho intramolecular Hbond substituents is 1. The van der Waals surface area contributed by atoms with Crippen molar-refractivity contribution in [3.8, 4) is 17.2 Å². The normalized spacial score (nSPS) is 10.1. The SMILES string of the molecule is NC(=O)c1cc(Br)ccc1Oc1ccc(O)cc1. The topological polar surface area (TPSA) is 72.6 Å². The number of nitrogens with two attached hydrogens (primary N) is 1. The van der Waals surface area contributed by atoms with Crippen LogP contribution >= 0.6 is 15.9 Å². The van der Waals surface area contributed by atoms with Crippen molar-refractivity contribution in [2.75, 3.05) is 0 Å². The van der Waals surface area contributed by atoms with E-state index in [2.05, 4.69) is 15.9 Å². The Balaban J connectivity index is 2.34. The van der Waals surface area contributed by atoms with Gasteiger partial charge in [-0.1, -0.05) is 15.9 Å². The van der Waals surface area contributed by atoms with E-state index < -0.39 is 5.91 Å². The Labute approximate surface area is 112 Å². The molecule has 92 valence electrons. The van der Waals surface area contributed by atoms with E-state index in [1.165, 1.54) is 12.1 Å². The van der Waals surface area contributed by atoms with Gasteiger partial charge in [-0.05, 0) is 42.5 Å². The smallest absolute Gasteiger partial charge is 0.252 e. The molecule has 0 saturated carbocycles. The molecule has 0 spiro atoms. The zero-order valence-electron chi connectivity index (χ0n) is 9.26. The predicted molar refractivity (Wildman–Crippen MR) is 70.8 cm³/mol. The van der Waals surface area contributed by atoms with Crippen molar-refractivity contribution in [2.45, 2.75) is 0 Å². The number of rotatable bonds is 3. The lowest BCUT2D eigenvalue weighted by molar-refractivity contribution is 0.0998. The monoisotopic (exact) mass is 307 g/mol. The average molecular weight is 308 g/mol. The number of hydrogen-bond acceptors (Lipinski definition) is 3. The standard InChI is InChI=1S/C13H10BrNO3/c14-8-1-6-12(11(7-8)13(15)17)18-10-4-2-9(16)3-5-10/h1-7,16H,(H2,15,17). The van der Waals surface area contributed by atoms with Crippen LogP contribution in [0.2, 0.25) is 0 Å². The molecule has 2 aromatic rings. The van der Waals surface area contributed by atoms with Gasteiger partial charge in [0.05, 0.1) is 5.56 Å². The summed E-state index contributed by atoms with van der Waals surface area (Å²) in [7, 11) is 0. The maximum Gasteiger partial charge on any atom is 0.252 e. The zero-order valence-corrected chi connectivity index (χ0v) is 10.8. The van der Waals surface area contributed by atoms with Crippen LogP contribution in [0.15, 0.2) is 46.9 Å². The number of carbonyl (C=O) groups excluding carboxylic acids is 1. The molecule has 0 fully saturated rings. The van der Waals surface area contributed by atoms with E-state index >= 15 is 0 Å². The van der Waals surface area contributed by atoms with E-state index in [0.29, 0.717) is 11.5 Å². The van der Waals surface area contributed by atoms with Crippen LogP contribution in [0.3, 0.4) is 0 Å². The van der Waals surface area contributed by atoms with E-state index in [4.69, 9.17) is 15.6 Å². The fourth-order valence-electron chi connectivity index (χ4n) is 1.42. The van der Waals surface area contributed by atoms with E-state index in [0.717, 1.165) is 4.47 Å². The second-order valence-corrected chi connectivity index (χ2v) is 4.52. The summed E-state index contributed by atoms with van der Waals surface area (Å²) < 4.78 is 6.29. The van der Waals surface area contributed by atoms with Gasteiger partial charge in [0.2, 0.25) is 0 Å². The predicted octanol–water partition coefficient (Wildman–Crippen LogP) is 3.05. The summed E-state index contributed by atoms with van der Waals surface area (Å²) in [4.78, 5) is 11.3. The van der Waals surface area contributed by atoms with Crippen LogP contribution in [0.5, 0.6) is 17.2 Å². The van der Waals surface area contributed by atoms with E-state index in [1.54, 1.807) is 30.3 Å². The van der Waals surface area contributed by atoms with Gasteiger partial charge in [-0.25, -0.2) is 0 Å². The number of ether oxygens (including phenoxy) is 1. The molecule has 2 rings (SSSR count). The minimum absolute atomic E-state index is 0.147. The summed E-state index contributed by atoms with van der Waals surface area (Å²) in [5.74, 6) is 0.465. The highest BCUT2D eigenvalue weighted by Gasteiger charge is 2.10. The lowest BCUT2D eigenvalue weighted by Gasteiger charge is -2.09. The Kier molecular flexibility index (Phi) is 3.53. The van der Waals surface area contributed by atoms with Gasteiger partial charge in [-0.3, -0.25) is 4.79 Å². The highest BCUT2D eigenvalue weighted by atomic mass is 79.9. The van der Waals surface area contributed by atoms with Crippen LogP contribution < -0.4 is 10.5 Å². The summed E-state index contributed by atoms with van der Waals surface area (Å²) in [5.41, 5.74) is 5.57. The maximum absolute atomic E-state index is 11.3. The molecule has 0 radical (unpaired) electrons. The van der Waals surface area contributed by atoms with Gasteiger partial charge in [0, 0.05) is 4.47 Å².